The van der Waals surface area contributed by atoms with Crippen LogP contribution in [0.2, 0.25) is 0 Å². The van der Waals surface area contributed by atoms with Crippen molar-refractivity contribution in [1.29, 1.82) is 0 Å². The fraction of sp³-hybridized carbons (Fsp3) is 0.190. The molecule has 0 radical (unpaired) electrons. The largest absolute Gasteiger partial charge is 0.486 e. The normalized spacial score (nSPS) is 11.4. The van der Waals surface area contributed by atoms with Crippen molar-refractivity contribution in [3.8, 4) is 5.75 Å². The number of carbonyl (C=O) groups is 1. The van der Waals surface area contributed by atoms with Crippen LogP contribution in [-0.4, -0.2) is 32.8 Å². The highest BCUT2D eigenvalue weighted by molar-refractivity contribution is 7.89. The third kappa shape index (κ3) is 5.24. The van der Waals surface area contributed by atoms with Gasteiger partial charge in [0.1, 0.15) is 24.7 Å². The van der Waals surface area contributed by atoms with E-state index >= 15 is 0 Å². The number of carbonyl (C=O) groups excluding carboxylic acids is 1. The number of sulfonamides is 1. The van der Waals surface area contributed by atoms with E-state index in [9.17, 15) is 13.2 Å². The summed E-state index contributed by atoms with van der Waals surface area (Å²) in [6, 6.07) is 18.7. The van der Waals surface area contributed by atoms with Gasteiger partial charge in [-0.25, -0.2) is 17.5 Å². The first-order valence-electron chi connectivity index (χ1n) is 8.81. The first-order chi connectivity index (χ1) is 13.9. The zero-order valence-corrected chi connectivity index (χ0v) is 16.9. The Balaban J connectivity index is 1.58. The molecular formula is C21H21NO6S. The highest BCUT2D eigenvalue weighted by Gasteiger charge is 2.18. The number of hydrogen-bond donors (Lipinski definition) is 0. The van der Waals surface area contributed by atoms with Crippen molar-refractivity contribution >= 4 is 16.0 Å². The number of furan rings is 1. The lowest BCUT2D eigenvalue weighted by atomic mass is 10.2. The molecule has 0 fully saturated rings. The maximum Gasteiger partial charge on any atom is 0.374 e. The molecule has 2 aromatic carbocycles. The zero-order valence-electron chi connectivity index (χ0n) is 16.1. The van der Waals surface area contributed by atoms with Crippen molar-refractivity contribution < 1.29 is 27.1 Å². The van der Waals surface area contributed by atoms with Crippen molar-refractivity contribution in [3.05, 3.63) is 83.8 Å². The molecule has 0 bridgehead atoms. The molecule has 1 aromatic heterocycles. The van der Waals surface area contributed by atoms with Crippen molar-refractivity contribution in [3.63, 3.8) is 0 Å². The van der Waals surface area contributed by atoms with Crippen molar-refractivity contribution in [2.45, 2.75) is 18.1 Å². The Hall–Kier alpha value is -3.10. The molecule has 152 valence electrons. The van der Waals surface area contributed by atoms with Crippen molar-refractivity contribution in [2.24, 2.45) is 0 Å². The SMILES string of the molecule is CN(C)S(=O)(=O)c1cccc(COC(=O)c2ccc(COc3ccccc3)o2)c1. The van der Waals surface area contributed by atoms with Gasteiger partial charge in [0.2, 0.25) is 15.8 Å². The summed E-state index contributed by atoms with van der Waals surface area (Å²) in [6.45, 7) is 0.105. The van der Waals surface area contributed by atoms with Gasteiger partial charge in [-0.05, 0) is 42.0 Å². The average Bonchev–Trinajstić information content (AvgIpc) is 3.20. The Morgan fingerprint density at radius 2 is 1.72 bits per heavy atom. The number of benzene rings is 2. The van der Waals surface area contributed by atoms with Crippen LogP contribution >= 0.6 is 0 Å². The number of ether oxygens (including phenoxy) is 2. The summed E-state index contributed by atoms with van der Waals surface area (Å²) >= 11 is 0. The Morgan fingerprint density at radius 1 is 0.966 bits per heavy atom. The maximum absolute atomic E-state index is 12.2. The monoisotopic (exact) mass is 415 g/mol. The molecule has 0 saturated heterocycles. The smallest absolute Gasteiger partial charge is 0.374 e. The van der Waals surface area contributed by atoms with Gasteiger partial charge in [-0.3, -0.25) is 0 Å². The molecule has 29 heavy (non-hydrogen) atoms. The van der Waals surface area contributed by atoms with Crippen molar-refractivity contribution in [2.75, 3.05) is 14.1 Å². The van der Waals surface area contributed by atoms with Crippen LogP contribution in [0.15, 0.2) is 76.0 Å². The minimum absolute atomic E-state index is 0.0497. The quantitative estimate of drug-likeness (QED) is 0.524. The summed E-state index contributed by atoms with van der Waals surface area (Å²) in [5, 5.41) is 0. The molecule has 0 aliphatic rings. The Bertz CT molecular complexity index is 1070. The molecule has 0 atom stereocenters. The Kier molecular flexibility index (Phi) is 6.36. The van der Waals surface area contributed by atoms with E-state index in [1.54, 1.807) is 18.2 Å². The summed E-state index contributed by atoms with van der Waals surface area (Å²) in [5.74, 6) is 0.589. The molecule has 0 aliphatic carbocycles. The van der Waals surface area contributed by atoms with Gasteiger partial charge in [-0.2, -0.15) is 0 Å². The lowest BCUT2D eigenvalue weighted by Crippen LogP contribution is -2.22. The van der Waals surface area contributed by atoms with Crippen LogP contribution in [-0.2, 0) is 28.0 Å². The predicted octanol–water partition coefficient (Wildman–Crippen LogP) is 3.47. The van der Waals surface area contributed by atoms with Crippen LogP contribution in [0.4, 0.5) is 0 Å². The van der Waals surface area contributed by atoms with Crippen molar-refractivity contribution in [1.82, 2.24) is 4.31 Å². The van der Waals surface area contributed by atoms with Gasteiger partial charge in [0.25, 0.3) is 0 Å². The van der Waals surface area contributed by atoms with Gasteiger partial charge < -0.3 is 13.9 Å². The molecule has 8 heteroatoms. The highest BCUT2D eigenvalue weighted by Crippen LogP contribution is 2.17. The van der Waals surface area contributed by atoms with Gasteiger partial charge >= 0.3 is 5.97 Å². The summed E-state index contributed by atoms with van der Waals surface area (Å²) < 4.78 is 41.8. The summed E-state index contributed by atoms with van der Waals surface area (Å²) in [4.78, 5) is 12.3. The third-order valence-electron chi connectivity index (χ3n) is 4.03. The van der Waals surface area contributed by atoms with Crippen LogP contribution in [0.3, 0.4) is 0 Å². The van der Waals surface area contributed by atoms with E-state index in [0.717, 1.165) is 4.31 Å². The van der Waals surface area contributed by atoms with Gasteiger partial charge in [0, 0.05) is 14.1 Å². The molecule has 0 saturated carbocycles. The topological polar surface area (TPSA) is 86.0 Å². The number of esters is 1. The van der Waals surface area contributed by atoms with Crippen LogP contribution < -0.4 is 4.74 Å². The van der Waals surface area contributed by atoms with E-state index < -0.39 is 16.0 Å². The Labute approximate surface area is 169 Å². The molecule has 1 heterocycles. The second-order valence-corrected chi connectivity index (χ2v) is 8.53. The van der Waals surface area contributed by atoms with E-state index in [1.807, 2.05) is 30.3 Å². The van der Waals surface area contributed by atoms with Gasteiger partial charge in [-0.15, -0.1) is 0 Å². The number of hydrogen-bond acceptors (Lipinski definition) is 6. The van der Waals surface area contributed by atoms with Crippen LogP contribution in [0.5, 0.6) is 5.75 Å². The molecule has 3 rings (SSSR count). The number of rotatable bonds is 8. The average molecular weight is 415 g/mol. The van der Waals surface area contributed by atoms with E-state index in [-0.39, 0.29) is 23.9 Å². The Morgan fingerprint density at radius 3 is 2.45 bits per heavy atom. The fourth-order valence-corrected chi connectivity index (χ4v) is 3.44. The van der Waals surface area contributed by atoms with Gasteiger partial charge in [0.15, 0.2) is 0 Å². The molecule has 0 aliphatic heterocycles. The maximum atomic E-state index is 12.2. The van der Waals surface area contributed by atoms with E-state index in [0.29, 0.717) is 17.1 Å². The van der Waals surface area contributed by atoms with E-state index in [4.69, 9.17) is 13.9 Å². The molecule has 0 unspecified atom stereocenters. The molecule has 0 spiro atoms. The lowest BCUT2D eigenvalue weighted by Gasteiger charge is -2.12. The molecule has 0 N–H and O–H groups in total. The van der Waals surface area contributed by atoms with E-state index in [2.05, 4.69) is 0 Å². The second kappa shape index (κ2) is 8.93. The first kappa shape index (κ1) is 20.6. The van der Waals surface area contributed by atoms with Crippen LogP contribution in [0.1, 0.15) is 21.9 Å². The lowest BCUT2D eigenvalue weighted by molar-refractivity contribution is 0.0432. The summed E-state index contributed by atoms with van der Waals surface area (Å²) in [5.41, 5.74) is 0.556. The number of nitrogens with zero attached hydrogens (tertiary/aromatic N) is 1. The van der Waals surface area contributed by atoms with Crippen LogP contribution in [0.25, 0.3) is 0 Å². The first-order valence-corrected chi connectivity index (χ1v) is 10.3. The summed E-state index contributed by atoms with van der Waals surface area (Å²) in [6.07, 6.45) is 0. The molecule has 7 nitrogen and oxygen atoms in total. The van der Waals surface area contributed by atoms with Crippen LogP contribution in [0, 0.1) is 0 Å². The fourth-order valence-electron chi connectivity index (χ4n) is 2.46. The third-order valence-corrected chi connectivity index (χ3v) is 5.85. The van der Waals surface area contributed by atoms with Gasteiger partial charge in [-0.1, -0.05) is 30.3 Å². The minimum atomic E-state index is -3.56. The number of para-hydroxylation sites is 1. The molecule has 3 aromatic rings. The van der Waals surface area contributed by atoms with E-state index in [1.165, 1.54) is 32.3 Å². The standard InChI is InChI=1S/C21H21NO6S/c1-22(2)29(24,25)19-10-6-7-16(13-19)14-27-21(23)20-12-11-18(28-20)15-26-17-8-4-3-5-9-17/h3-13H,14-15H2,1-2H3. The highest BCUT2D eigenvalue weighted by atomic mass is 32.2. The minimum Gasteiger partial charge on any atom is -0.486 e. The zero-order chi connectivity index (χ0) is 20.9. The molecular weight excluding hydrogens is 394 g/mol. The van der Waals surface area contributed by atoms with Gasteiger partial charge in [0.05, 0.1) is 4.90 Å². The summed E-state index contributed by atoms with van der Waals surface area (Å²) in [7, 11) is -0.643. The second-order valence-electron chi connectivity index (χ2n) is 6.38. The predicted molar refractivity (Wildman–Crippen MR) is 106 cm³/mol. The molecule has 0 amide bonds.